The van der Waals surface area contributed by atoms with Crippen LogP contribution in [0.15, 0.2) is 29.4 Å². The van der Waals surface area contributed by atoms with Gasteiger partial charge in [-0.25, -0.2) is 0 Å². The summed E-state index contributed by atoms with van der Waals surface area (Å²) in [6, 6.07) is 3.68. The van der Waals surface area contributed by atoms with Crippen LogP contribution < -0.4 is 5.32 Å². The highest BCUT2D eigenvalue weighted by molar-refractivity contribution is 7.85. The predicted molar refractivity (Wildman–Crippen MR) is 56.5 cm³/mol. The highest BCUT2D eigenvalue weighted by atomic mass is 32.2. The third-order valence-corrected chi connectivity index (χ3v) is 4.18. The topological polar surface area (TPSA) is 42.0 Å². The van der Waals surface area contributed by atoms with Gasteiger partial charge < -0.3 is 5.32 Å². The average Bonchev–Trinajstić information content (AvgIpc) is 2.30. The van der Waals surface area contributed by atoms with Gasteiger partial charge in [-0.05, 0) is 31.5 Å². The third kappa shape index (κ3) is 2.19. The van der Waals surface area contributed by atoms with E-state index in [2.05, 4.69) is 10.3 Å². The summed E-state index contributed by atoms with van der Waals surface area (Å²) in [5.74, 6) is 0. The van der Waals surface area contributed by atoms with Gasteiger partial charge in [0.15, 0.2) is 0 Å². The summed E-state index contributed by atoms with van der Waals surface area (Å²) < 4.78 is 12.0. The van der Waals surface area contributed by atoms with E-state index in [9.17, 15) is 4.21 Å². The van der Waals surface area contributed by atoms with Crippen molar-refractivity contribution < 1.29 is 4.21 Å². The molecule has 1 fully saturated rings. The molecule has 0 bridgehead atoms. The summed E-state index contributed by atoms with van der Waals surface area (Å²) in [7, 11) is -0.872. The first-order chi connectivity index (χ1) is 6.88. The maximum absolute atomic E-state index is 12.0. The first-order valence-corrected chi connectivity index (χ1v) is 6.10. The first kappa shape index (κ1) is 9.80. The molecule has 2 heterocycles. The molecule has 2 rings (SSSR count). The molecule has 0 saturated carbocycles. The lowest BCUT2D eigenvalue weighted by atomic mass is 10.2. The summed E-state index contributed by atoms with van der Waals surface area (Å²) in [5.41, 5.74) is 0. The molecule has 76 valence electrons. The summed E-state index contributed by atoms with van der Waals surface area (Å²) in [5, 5.41) is 3.55. The van der Waals surface area contributed by atoms with E-state index < -0.39 is 10.8 Å². The Morgan fingerprint density at radius 1 is 1.43 bits per heavy atom. The minimum Gasteiger partial charge on any atom is -0.316 e. The number of pyridine rings is 1. The first-order valence-electron chi connectivity index (χ1n) is 4.89. The highest BCUT2D eigenvalue weighted by Crippen LogP contribution is 2.15. The van der Waals surface area contributed by atoms with Gasteiger partial charge in [0.2, 0.25) is 0 Å². The molecule has 1 aliphatic rings. The molecule has 2 atom stereocenters. The average molecular weight is 210 g/mol. The quantitative estimate of drug-likeness (QED) is 0.790. The fourth-order valence-corrected chi connectivity index (χ4v) is 3.09. The molecule has 1 N–H and O–H groups in total. The molecule has 0 amide bonds. The number of nitrogens with one attached hydrogen (secondary N) is 1. The Hall–Kier alpha value is -0.740. The van der Waals surface area contributed by atoms with Crippen molar-refractivity contribution >= 4 is 10.8 Å². The van der Waals surface area contributed by atoms with Crippen LogP contribution >= 0.6 is 0 Å². The Kier molecular flexibility index (Phi) is 3.26. The lowest BCUT2D eigenvalue weighted by Crippen LogP contribution is -2.36. The van der Waals surface area contributed by atoms with Gasteiger partial charge in [0.05, 0.1) is 16.0 Å². The number of hydrogen-bond acceptors (Lipinski definition) is 3. The van der Waals surface area contributed by atoms with Gasteiger partial charge in [-0.1, -0.05) is 0 Å². The standard InChI is InChI=1S/C10H14N2OS/c13-14(9-3-6-11-7-4-9)10-2-1-5-12-8-10/h3-4,6-7,10,12H,1-2,5,8H2/t10-,14+/m0/s1. The molecule has 1 aromatic heterocycles. The predicted octanol–water partition coefficient (Wildman–Crippen LogP) is 0.941. The maximum atomic E-state index is 12.0. The van der Waals surface area contributed by atoms with Crippen LogP contribution in [-0.4, -0.2) is 27.5 Å². The van der Waals surface area contributed by atoms with Crippen LogP contribution in [0, 0.1) is 0 Å². The smallest absolute Gasteiger partial charge is 0.0574 e. The second kappa shape index (κ2) is 4.66. The lowest BCUT2D eigenvalue weighted by Gasteiger charge is -2.21. The molecule has 0 radical (unpaired) electrons. The minimum atomic E-state index is -0.872. The van der Waals surface area contributed by atoms with Crippen molar-refractivity contribution in [2.45, 2.75) is 23.0 Å². The Balaban J connectivity index is 2.07. The molecule has 4 heteroatoms. The zero-order valence-corrected chi connectivity index (χ0v) is 8.80. The second-order valence-corrected chi connectivity index (χ2v) is 5.18. The number of aromatic nitrogens is 1. The minimum absolute atomic E-state index is 0.270. The molecule has 0 aromatic carbocycles. The van der Waals surface area contributed by atoms with Crippen LogP contribution in [0.5, 0.6) is 0 Å². The summed E-state index contributed by atoms with van der Waals surface area (Å²) in [6.45, 7) is 1.93. The van der Waals surface area contributed by atoms with Crippen LogP contribution in [0.1, 0.15) is 12.8 Å². The Morgan fingerprint density at radius 3 is 2.86 bits per heavy atom. The molecular formula is C10H14N2OS. The van der Waals surface area contributed by atoms with Gasteiger partial charge >= 0.3 is 0 Å². The van der Waals surface area contributed by atoms with Crippen LogP contribution in [0.3, 0.4) is 0 Å². The van der Waals surface area contributed by atoms with Gasteiger partial charge in [-0.3, -0.25) is 9.19 Å². The van der Waals surface area contributed by atoms with E-state index in [1.54, 1.807) is 12.4 Å². The van der Waals surface area contributed by atoms with Gasteiger partial charge in [0.25, 0.3) is 0 Å². The van der Waals surface area contributed by atoms with E-state index in [-0.39, 0.29) is 5.25 Å². The van der Waals surface area contributed by atoms with Gasteiger partial charge in [0, 0.05) is 23.8 Å². The third-order valence-electron chi connectivity index (χ3n) is 2.44. The SMILES string of the molecule is O=[S@](c1ccncc1)[C@H]1CCCNC1. The molecular weight excluding hydrogens is 196 g/mol. The molecule has 1 aliphatic heterocycles. The highest BCUT2D eigenvalue weighted by Gasteiger charge is 2.20. The second-order valence-electron chi connectivity index (χ2n) is 3.45. The molecule has 0 unspecified atom stereocenters. The van der Waals surface area contributed by atoms with E-state index in [4.69, 9.17) is 0 Å². The van der Waals surface area contributed by atoms with Crippen LogP contribution in [0.25, 0.3) is 0 Å². The van der Waals surface area contributed by atoms with Crippen molar-refractivity contribution in [1.82, 2.24) is 10.3 Å². The van der Waals surface area contributed by atoms with Crippen molar-refractivity contribution in [2.24, 2.45) is 0 Å². The zero-order chi connectivity index (χ0) is 9.80. The molecule has 0 spiro atoms. The molecule has 0 aliphatic carbocycles. The monoisotopic (exact) mass is 210 g/mol. The van der Waals surface area contributed by atoms with Crippen LogP contribution in [0.4, 0.5) is 0 Å². The van der Waals surface area contributed by atoms with Crippen molar-refractivity contribution in [2.75, 3.05) is 13.1 Å². The summed E-state index contributed by atoms with van der Waals surface area (Å²) in [6.07, 6.45) is 5.58. The maximum Gasteiger partial charge on any atom is 0.0574 e. The summed E-state index contributed by atoms with van der Waals surface area (Å²) >= 11 is 0. The number of nitrogens with zero attached hydrogens (tertiary/aromatic N) is 1. The van der Waals surface area contributed by atoms with Crippen molar-refractivity contribution in [1.29, 1.82) is 0 Å². The van der Waals surface area contributed by atoms with Gasteiger partial charge in [-0.2, -0.15) is 0 Å². The van der Waals surface area contributed by atoms with E-state index in [0.717, 1.165) is 30.8 Å². The fraction of sp³-hybridized carbons (Fsp3) is 0.500. The number of hydrogen-bond donors (Lipinski definition) is 1. The van der Waals surface area contributed by atoms with E-state index in [0.29, 0.717) is 0 Å². The molecule has 1 aromatic rings. The van der Waals surface area contributed by atoms with E-state index in [1.165, 1.54) is 0 Å². The lowest BCUT2D eigenvalue weighted by molar-refractivity contribution is 0.519. The number of rotatable bonds is 2. The Bertz CT molecular complexity index is 309. The normalized spacial score (nSPS) is 24.4. The fourth-order valence-electron chi connectivity index (χ4n) is 1.67. The van der Waals surface area contributed by atoms with E-state index in [1.807, 2.05) is 12.1 Å². The van der Waals surface area contributed by atoms with Gasteiger partial charge in [0.1, 0.15) is 0 Å². The molecule has 1 saturated heterocycles. The Morgan fingerprint density at radius 2 is 2.21 bits per heavy atom. The number of piperidine rings is 1. The van der Waals surface area contributed by atoms with Crippen molar-refractivity contribution in [3.05, 3.63) is 24.5 Å². The molecule has 3 nitrogen and oxygen atoms in total. The molecule has 14 heavy (non-hydrogen) atoms. The van der Waals surface area contributed by atoms with Crippen molar-refractivity contribution in [3.63, 3.8) is 0 Å². The summed E-state index contributed by atoms with van der Waals surface area (Å²) in [4.78, 5) is 4.82. The Labute approximate surface area is 86.4 Å². The van der Waals surface area contributed by atoms with Crippen LogP contribution in [0.2, 0.25) is 0 Å². The van der Waals surface area contributed by atoms with E-state index >= 15 is 0 Å². The zero-order valence-electron chi connectivity index (χ0n) is 7.98. The van der Waals surface area contributed by atoms with Crippen molar-refractivity contribution in [3.8, 4) is 0 Å². The van der Waals surface area contributed by atoms with Crippen LogP contribution in [-0.2, 0) is 10.8 Å². The largest absolute Gasteiger partial charge is 0.316 e. The van der Waals surface area contributed by atoms with Gasteiger partial charge in [-0.15, -0.1) is 0 Å².